The average molecular weight is 456 g/mol. The zero-order valence-electron chi connectivity index (χ0n) is 18.2. The highest BCUT2D eigenvalue weighted by atomic mass is 35.5. The van der Waals surface area contributed by atoms with Crippen LogP contribution in [0.1, 0.15) is 28.8 Å². The van der Waals surface area contributed by atoms with Crippen LogP contribution in [0, 0.1) is 0 Å². The van der Waals surface area contributed by atoms with Crippen molar-refractivity contribution in [1.29, 1.82) is 0 Å². The Hall–Kier alpha value is -3.77. The Kier molecular flexibility index (Phi) is 4.62. The minimum Gasteiger partial charge on any atom is -0.480 e. The van der Waals surface area contributed by atoms with Gasteiger partial charge in [0.15, 0.2) is 0 Å². The van der Waals surface area contributed by atoms with Gasteiger partial charge in [-0.1, -0.05) is 54.1 Å². The molecule has 4 aromatic rings. The molecule has 0 saturated carbocycles. The molecule has 164 valence electrons. The van der Waals surface area contributed by atoms with Gasteiger partial charge >= 0.3 is 0 Å². The minimum atomic E-state index is -0.306. The summed E-state index contributed by atoms with van der Waals surface area (Å²) >= 11 is 6.40. The van der Waals surface area contributed by atoms with E-state index in [1.54, 1.807) is 6.33 Å². The van der Waals surface area contributed by atoms with Crippen LogP contribution >= 0.6 is 11.6 Å². The molecular weight excluding hydrogens is 434 g/mol. The van der Waals surface area contributed by atoms with Crippen LogP contribution in [0.2, 0.25) is 5.02 Å². The molecule has 3 aromatic carbocycles. The fourth-order valence-corrected chi connectivity index (χ4v) is 4.79. The van der Waals surface area contributed by atoms with E-state index in [1.165, 1.54) is 0 Å². The van der Waals surface area contributed by atoms with Crippen LogP contribution in [0.25, 0.3) is 5.70 Å². The van der Waals surface area contributed by atoms with Gasteiger partial charge in [0.2, 0.25) is 5.95 Å². The number of halogens is 1. The van der Waals surface area contributed by atoms with Crippen molar-refractivity contribution in [3.8, 4) is 5.75 Å². The Morgan fingerprint density at radius 2 is 1.76 bits per heavy atom. The van der Waals surface area contributed by atoms with Gasteiger partial charge in [-0.25, -0.2) is 4.68 Å². The van der Waals surface area contributed by atoms with Crippen LogP contribution in [0.4, 0.5) is 11.6 Å². The van der Waals surface area contributed by atoms with Crippen molar-refractivity contribution in [3.63, 3.8) is 0 Å². The predicted molar refractivity (Wildman–Crippen MR) is 131 cm³/mol. The highest BCUT2D eigenvalue weighted by Gasteiger charge is 2.40. The molecule has 2 atom stereocenters. The number of nitrogens with zero attached hydrogens (tertiary/aromatic N) is 4. The molecule has 33 heavy (non-hydrogen) atoms. The molecule has 6 rings (SSSR count). The summed E-state index contributed by atoms with van der Waals surface area (Å²) in [4.78, 5) is 6.56. The largest absolute Gasteiger partial charge is 0.480 e. The van der Waals surface area contributed by atoms with Gasteiger partial charge in [0.05, 0.1) is 5.70 Å². The van der Waals surface area contributed by atoms with Gasteiger partial charge in [-0.05, 0) is 41.5 Å². The number of aromatic nitrogens is 3. The molecule has 0 bridgehead atoms. The van der Waals surface area contributed by atoms with E-state index in [1.807, 2.05) is 55.2 Å². The van der Waals surface area contributed by atoms with Crippen molar-refractivity contribution in [2.75, 3.05) is 24.3 Å². The van der Waals surface area contributed by atoms with Crippen LogP contribution in [0.5, 0.6) is 5.75 Å². The number of fused-ring (bicyclic) bond motifs is 3. The zero-order valence-corrected chi connectivity index (χ0v) is 19.0. The molecule has 0 radical (unpaired) electrons. The second-order valence-corrected chi connectivity index (χ2v) is 8.86. The van der Waals surface area contributed by atoms with E-state index >= 15 is 0 Å². The predicted octanol–water partition coefficient (Wildman–Crippen LogP) is 5.56. The van der Waals surface area contributed by atoms with Gasteiger partial charge in [-0.3, -0.25) is 0 Å². The molecule has 0 spiro atoms. The molecule has 6 nitrogen and oxygen atoms in total. The highest BCUT2D eigenvalue weighted by molar-refractivity contribution is 6.30. The third kappa shape index (κ3) is 3.26. The van der Waals surface area contributed by atoms with Crippen molar-refractivity contribution in [1.82, 2.24) is 14.8 Å². The molecule has 7 heteroatoms. The van der Waals surface area contributed by atoms with E-state index < -0.39 is 0 Å². The standard InChI is InChI=1S/C26H22ClN5O/c1-31(2)19-11-8-17(9-12-19)25-22-23(20-14-18(27)10-13-21(20)33-25)30-26-28-15-29-32(26)24(22)16-6-4-3-5-7-16/h3-15,24-25H,1-2H3,(H,28,29,30)/t24-,25-/m0/s1. The molecule has 0 saturated heterocycles. The Bertz CT molecular complexity index is 1360. The van der Waals surface area contributed by atoms with Gasteiger partial charge < -0.3 is 15.0 Å². The summed E-state index contributed by atoms with van der Waals surface area (Å²) in [5.74, 6) is 1.48. The SMILES string of the molecule is CN(C)c1ccc([C@@H]2Oc3ccc(Cl)cc3C3=C2[C@H](c2ccccc2)n2ncnc2N3)cc1. The van der Waals surface area contributed by atoms with Crippen LogP contribution < -0.4 is 15.0 Å². The molecule has 0 fully saturated rings. The number of ether oxygens (including phenoxy) is 1. The molecule has 1 N–H and O–H groups in total. The molecule has 0 unspecified atom stereocenters. The van der Waals surface area contributed by atoms with E-state index in [0.29, 0.717) is 11.0 Å². The minimum absolute atomic E-state index is 0.175. The summed E-state index contributed by atoms with van der Waals surface area (Å²) in [7, 11) is 4.07. The lowest BCUT2D eigenvalue weighted by atomic mass is 9.84. The van der Waals surface area contributed by atoms with Crippen molar-refractivity contribution >= 4 is 28.9 Å². The first-order valence-electron chi connectivity index (χ1n) is 10.8. The number of anilines is 2. The van der Waals surface area contributed by atoms with Crippen LogP contribution in [-0.2, 0) is 0 Å². The molecule has 1 aromatic heterocycles. The maximum Gasteiger partial charge on any atom is 0.226 e. The van der Waals surface area contributed by atoms with E-state index in [0.717, 1.165) is 39.4 Å². The van der Waals surface area contributed by atoms with Crippen LogP contribution in [-0.4, -0.2) is 28.9 Å². The second-order valence-electron chi connectivity index (χ2n) is 8.42. The second kappa shape index (κ2) is 7.67. The van der Waals surface area contributed by atoms with Crippen LogP contribution in [0.3, 0.4) is 0 Å². The van der Waals surface area contributed by atoms with E-state index in [9.17, 15) is 0 Å². The summed E-state index contributed by atoms with van der Waals surface area (Å²) < 4.78 is 8.58. The van der Waals surface area contributed by atoms with Crippen LogP contribution in [0.15, 0.2) is 84.7 Å². The molecule has 3 heterocycles. The monoisotopic (exact) mass is 455 g/mol. The normalized spacial score (nSPS) is 18.5. The smallest absolute Gasteiger partial charge is 0.226 e. The summed E-state index contributed by atoms with van der Waals surface area (Å²) in [5, 5.41) is 8.73. The van der Waals surface area contributed by atoms with Gasteiger partial charge in [0.25, 0.3) is 0 Å². The lowest BCUT2D eigenvalue weighted by Gasteiger charge is -2.39. The molecule has 0 aliphatic carbocycles. The van der Waals surface area contributed by atoms with Gasteiger partial charge in [0, 0.05) is 35.9 Å². The number of benzene rings is 3. The van der Waals surface area contributed by atoms with Gasteiger partial charge in [0.1, 0.15) is 24.2 Å². The topological polar surface area (TPSA) is 55.2 Å². The quantitative estimate of drug-likeness (QED) is 0.438. The Labute approximate surface area is 197 Å². The first-order chi connectivity index (χ1) is 16.1. The lowest BCUT2D eigenvalue weighted by molar-refractivity contribution is 0.223. The third-order valence-corrected chi connectivity index (χ3v) is 6.44. The fourth-order valence-electron chi connectivity index (χ4n) is 4.62. The molecule has 2 aliphatic heterocycles. The first kappa shape index (κ1) is 19.9. The summed E-state index contributed by atoms with van der Waals surface area (Å²) in [6, 6.07) is 24.4. The van der Waals surface area contributed by atoms with Gasteiger partial charge in [-0.15, -0.1) is 0 Å². The first-order valence-corrected chi connectivity index (χ1v) is 11.2. The van der Waals surface area contributed by atoms with E-state index in [2.05, 4.69) is 56.7 Å². The molecule has 2 aliphatic rings. The Balaban J connectivity index is 1.59. The number of rotatable bonds is 3. The maximum absolute atomic E-state index is 6.65. The number of nitrogens with one attached hydrogen (secondary N) is 1. The van der Waals surface area contributed by atoms with Crippen molar-refractivity contribution in [2.24, 2.45) is 0 Å². The van der Waals surface area contributed by atoms with Crippen molar-refractivity contribution in [3.05, 3.63) is 106 Å². The molecular formula is C26H22ClN5O. The number of hydrogen-bond acceptors (Lipinski definition) is 5. The maximum atomic E-state index is 6.65. The van der Waals surface area contributed by atoms with E-state index in [4.69, 9.17) is 16.3 Å². The lowest BCUT2D eigenvalue weighted by Crippen LogP contribution is -2.32. The summed E-state index contributed by atoms with van der Waals surface area (Å²) in [5.41, 5.74) is 6.29. The van der Waals surface area contributed by atoms with Crippen molar-refractivity contribution < 1.29 is 4.74 Å². The Morgan fingerprint density at radius 1 is 0.970 bits per heavy atom. The fraction of sp³-hybridized carbons (Fsp3) is 0.154. The van der Waals surface area contributed by atoms with E-state index in [-0.39, 0.29) is 12.1 Å². The third-order valence-electron chi connectivity index (χ3n) is 6.20. The Morgan fingerprint density at radius 3 is 2.52 bits per heavy atom. The number of hydrogen-bond donors (Lipinski definition) is 1. The van der Waals surface area contributed by atoms with Gasteiger partial charge in [-0.2, -0.15) is 10.1 Å². The molecule has 0 amide bonds. The summed E-state index contributed by atoms with van der Waals surface area (Å²) in [6.45, 7) is 0. The highest BCUT2D eigenvalue weighted by Crippen LogP contribution is 2.51. The van der Waals surface area contributed by atoms with Crippen molar-refractivity contribution in [2.45, 2.75) is 12.1 Å². The zero-order chi connectivity index (χ0) is 22.5. The summed E-state index contributed by atoms with van der Waals surface area (Å²) in [6.07, 6.45) is 1.28. The average Bonchev–Trinajstić information content (AvgIpc) is 3.31.